The van der Waals surface area contributed by atoms with E-state index in [0.29, 0.717) is 22.1 Å². The molecular weight excluding hydrogens is 352 g/mol. The average molecular weight is 371 g/mol. The molecule has 1 saturated heterocycles. The first-order valence-electron chi connectivity index (χ1n) is 8.59. The molecule has 4 rings (SSSR count). The number of fused-ring (bicyclic) bond motifs is 1. The topological polar surface area (TPSA) is 80.2 Å². The van der Waals surface area contributed by atoms with E-state index in [9.17, 15) is 5.11 Å². The van der Waals surface area contributed by atoms with Gasteiger partial charge in [-0.2, -0.15) is 0 Å². The summed E-state index contributed by atoms with van der Waals surface area (Å²) in [5.74, 6) is 0.772. The van der Waals surface area contributed by atoms with Crippen molar-refractivity contribution in [3.05, 3.63) is 41.7 Å². The van der Waals surface area contributed by atoms with Crippen LogP contribution < -0.4 is 5.32 Å². The lowest BCUT2D eigenvalue weighted by atomic mass is 10.0. The highest BCUT2D eigenvalue weighted by Crippen LogP contribution is 2.35. The van der Waals surface area contributed by atoms with Gasteiger partial charge in [-0.15, -0.1) is 10.2 Å². The monoisotopic (exact) mass is 370 g/mol. The maximum absolute atomic E-state index is 10.3. The number of halogens is 1. The summed E-state index contributed by atoms with van der Waals surface area (Å²) in [4.78, 5) is 4.24. The Bertz CT molecular complexity index is 950. The van der Waals surface area contributed by atoms with Crippen molar-refractivity contribution in [2.45, 2.75) is 31.9 Å². The van der Waals surface area contributed by atoms with E-state index in [2.05, 4.69) is 27.4 Å². The first kappa shape index (κ1) is 17.0. The second kappa shape index (κ2) is 7.05. The number of hydrogen-bond acceptors (Lipinski definition) is 6. The zero-order valence-corrected chi connectivity index (χ0v) is 15.1. The summed E-state index contributed by atoms with van der Waals surface area (Å²) >= 11 is 5.94. The van der Waals surface area contributed by atoms with Crippen molar-refractivity contribution in [3.63, 3.8) is 0 Å². The number of nitrogens with one attached hydrogen (secondary N) is 1. The Hall–Kier alpha value is -2.44. The summed E-state index contributed by atoms with van der Waals surface area (Å²) in [5.41, 5.74) is 1.19. The van der Waals surface area contributed by atoms with Gasteiger partial charge in [-0.3, -0.25) is 4.98 Å². The van der Waals surface area contributed by atoms with Gasteiger partial charge in [0.1, 0.15) is 11.4 Å². The number of benzene rings is 1. The summed E-state index contributed by atoms with van der Waals surface area (Å²) in [5, 5.41) is 24.7. The molecule has 0 amide bonds. The minimum absolute atomic E-state index is 0.0730. The number of hydrogen-bond donors (Lipinski definition) is 2. The Morgan fingerprint density at radius 2 is 2.12 bits per heavy atom. The molecule has 2 N–H and O–H groups in total. The third kappa shape index (κ3) is 3.30. The molecule has 1 aliphatic rings. The van der Waals surface area contributed by atoms with E-state index in [0.717, 1.165) is 30.2 Å². The molecule has 0 unspecified atom stereocenters. The Labute approximate surface area is 156 Å². The second-order valence-corrected chi connectivity index (χ2v) is 6.96. The molecule has 0 saturated carbocycles. The molecule has 2 atom stereocenters. The number of anilines is 1. The largest absolute Gasteiger partial charge is 0.507 e. The molecule has 3 heterocycles. The molecule has 0 bridgehead atoms. The van der Waals surface area contributed by atoms with Gasteiger partial charge in [-0.1, -0.05) is 11.6 Å². The van der Waals surface area contributed by atoms with E-state index in [1.165, 1.54) is 6.07 Å². The lowest BCUT2D eigenvalue weighted by Crippen LogP contribution is -2.32. The van der Waals surface area contributed by atoms with Crippen molar-refractivity contribution < 1.29 is 9.84 Å². The molecule has 6 nitrogen and oxygen atoms in total. The maximum Gasteiger partial charge on any atom is 0.158 e. The number of rotatable bonds is 3. The smallest absolute Gasteiger partial charge is 0.158 e. The fourth-order valence-electron chi connectivity index (χ4n) is 3.33. The summed E-state index contributed by atoms with van der Waals surface area (Å²) < 4.78 is 5.61. The van der Waals surface area contributed by atoms with Crippen molar-refractivity contribution in [3.8, 4) is 17.0 Å². The van der Waals surface area contributed by atoms with Gasteiger partial charge < -0.3 is 15.2 Å². The Kier molecular flexibility index (Phi) is 4.61. The van der Waals surface area contributed by atoms with Crippen molar-refractivity contribution in [2.75, 3.05) is 11.9 Å². The third-order valence-electron chi connectivity index (χ3n) is 4.62. The number of aromatic nitrogens is 3. The normalized spacial score (nSPS) is 20.2. The average Bonchev–Trinajstić information content (AvgIpc) is 2.63. The fourth-order valence-corrected chi connectivity index (χ4v) is 3.50. The number of aromatic hydroxyl groups is 1. The number of phenols is 1. The van der Waals surface area contributed by atoms with Gasteiger partial charge in [0.15, 0.2) is 5.82 Å². The molecule has 1 aliphatic heterocycles. The lowest BCUT2D eigenvalue weighted by molar-refractivity contribution is 0.0232. The first-order valence-corrected chi connectivity index (χ1v) is 8.97. The molecule has 2 aromatic heterocycles. The van der Waals surface area contributed by atoms with Gasteiger partial charge >= 0.3 is 0 Å². The molecule has 0 aliphatic carbocycles. The molecule has 0 radical (unpaired) electrons. The predicted molar refractivity (Wildman–Crippen MR) is 102 cm³/mol. The van der Waals surface area contributed by atoms with E-state index in [1.807, 2.05) is 6.07 Å². The standard InChI is InChI=1S/C19H19ClN4O2/c1-11-8-13(5-7-26-11)22-19-16-10-21-6-4-14(16)18(23-24-19)15-3-2-12(20)9-17(15)25/h2-4,6,9-11,13,25H,5,7-8H2,1H3,(H,22,24)/t11-,13-/m0/s1. The van der Waals surface area contributed by atoms with E-state index in [-0.39, 0.29) is 17.9 Å². The number of pyridine rings is 1. The number of ether oxygens (including phenoxy) is 1. The van der Waals surface area contributed by atoms with Gasteiger partial charge in [0.2, 0.25) is 0 Å². The van der Waals surface area contributed by atoms with Crippen LogP contribution in [0.1, 0.15) is 19.8 Å². The molecule has 134 valence electrons. The van der Waals surface area contributed by atoms with Crippen LogP contribution >= 0.6 is 11.6 Å². The fraction of sp³-hybridized carbons (Fsp3) is 0.316. The third-order valence-corrected chi connectivity index (χ3v) is 4.86. The second-order valence-electron chi connectivity index (χ2n) is 6.53. The zero-order chi connectivity index (χ0) is 18.1. The minimum Gasteiger partial charge on any atom is -0.507 e. The van der Waals surface area contributed by atoms with Crippen LogP contribution in [0.15, 0.2) is 36.7 Å². The van der Waals surface area contributed by atoms with E-state index < -0.39 is 0 Å². The molecule has 1 fully saturated rings. The van der Waals surface area contributed by atoms with E-state index in [4.69, 9.17) is 16.3 Å². The van der Waals surface area contributed by atoms with E-state index >= 15 is 0 Å². The summed E-state index contributed by atoms with van der Waals surface area (Å²) in [7, 11) is 0. The van der Waals surface area contributed by atoms with Crippen LogP contribution in [-0.4, -0.2) is 39.0 Å². The molecule has 1 aromatic carbocycles. The quantitative estimate of drug-likeness (QED) is 0.724. The summed E-state index contributed by atoms with van der Waals surface area (Å²) in [6.45, 7) is 2.81. The lowest BCUT2D eigenvalue weighted by Gasteiger charge is -2.28. The van der Waals surface area contributed by atoms with Gasteiger partial charge in [0.05, 0.1) is 6.10 Å². The number of nitrogens with zero attached hydrogens (tertiary/aromatic N) is 3. The highest BCUT2D eigenvalue weighted by atomic mass is 35.5. The van der Waals surface area contributed by atoms with Crippen molar-refractivity contribution in [1.82, 2.24) is 15.2 Å². The SMILES string of the molecule is C[C@H]1C[C@@H](Nc2nnc(-c3ccc(Cl)cc3O)c3ccncc23)CCO1. The predicted octanol–water partition coefficient (Wildman–Crippen LogP) is 4.03. The van der Waals surface area contributed by atoms with Crippen LogP contribution in [0, 0.1) is 0 Å². The first-order chi connectivity index (χ1) is 12.6. The van der Waals surface area contributed by atoms with Crippen LogP contribution in [0.4, 0.5) is 5.82 Å². The zero-order valence-electron chi connectivity index (χ0n) is 14.3. The van der Waals surface area contributed by atoms with Crippen LogP contribution in [0.3, 0.4) is 0 Å². The van der Waals surface area contributed by atoms with Crippen LogP contribution in [-0.2, 0) is 4.74 Å². The Morgan fingerprint density at radius 1 is 1.23 bits per heavy atom. The van der Waals surface area contributed by atoms with Crippen molar-refractivity contribution in [1.29, 1.82) is 0 Å². The highest BCUT2D eigenvalue weighted by Gasteiger charge is 2.21. The Balaban J connectivity index is 1.76. The number of phenolic OH excluding ortho intramolecular Hbond substituents is 1. The Morgan fingerprint density at radius 3 is 2.92 bits per heavy atom. The van der Waals surface area contributed by atoms with Crippen molar-refractivity contribution >= 4 is 28.2 Å². The maximum atomic E-state index is 10.3. The van der Waals surface area contributed by atoms with Crippen molar-refractivity contribution in [2.24, 2.45) is 0 Å². The summed E-state index contributed by atoms with van der Waals surface area (Å²) in [6, 6.07) is 7.13. The molecule has 7 heteroatoms. The minimum atomic E-state index is 0.0730. The summed E-state index contributed by atoms with van der Waals surface area (Å²) in [6.07, 6.45) is 5.55. The van der Waals surface area contributed by atoms with Gasteiger partial charge in [0, 0.05) is 46.4 Å². The van der Waals surface area contributed by atoms with Gasteiger partial charge in [-0.05, 0) is 44.0 Å². The highest BCUT2D eigenvalue weighted by molar-refractivity contribution is 6.30. The molecule has 0 spiro atoms. The van der Waals surface area contributed by atoms with E-state index in [1.54, 1.807) is 24.5 Å². The van der Waals surface area contributed by atoms with Crippen LogP contribution in [0.25, 0.3) is 22.0 Å². The van der Waals surface area contributed by atoms with Gasteiger partial charge in [-0.25, -0.2) is 0 Å². The van der Waals surface area contributed by atoms with Gasteiger partial charge in [0.25, 0.3) is 0 Å². The molecule has 3 aromatic rings. The molecule has 26 heavy (non-hydrogen) atoms. The van der Waals surface area contributed by atoms with Crippen LogP contribution in [0.2, 0.25) is 5.02 Å². The molecular formula is C19H19ClN4O2. The van der Waals surface area contributed by atoms with Crippen LogP contribution in [0.5, 0.6) is 5.75 Å².